The maximum Gasteiger partial charge on any atom is 0.232 e. The molecule has 3 aromatic heterocycles. The monoisotopic (exact) mass is 438 g/mol. The molecule has 1 fully saturated rings. The highest BCUT2D eigenvalue weighted by Crippen LogP contribution is 2.37. The number of hydrogen-bond donors (Lipinski definition) is 2. The lowest BCUT2D eigenvalue weighted by molar-refractivity contribution is 0.204. The summed E-state index contributed by atoms with van der Waals surface area (Å²) in [5.74, 6) is 1.14. The van der Waals surface area contributed by atoms with Gasteiger partial charge in [-0.05, 0) is 56.4 Å². The molecule has 0 saturated heterocycles. The molecule has 7 nitrogen and oxygen atoms in total. The number of nitrogens with one attached hydrogen (secondary N) is 2. The van der Waals surface area contributed by atoms with Gasteiger partial charge in [-0.15, -0.1) is 0 Å². The lowest BCUT2D eigenvalue weighted by atomic mass is 10.0. The van der Waals surface area contributed by atoms with Gasteiger partial charge in [-0.25, -0.2) is 0 Å². The first kappa shape index (κ1) is 19.8. The van der Waals surface area contributed by atoms with Crippen molar-refractivity contribution in [1.29, 1.82) is 0 Å². The standard InChI is InChI=1S/C26H26N6O/c1-16-7-9-17(10-8-16)21-15-27-24-23(21)25(33-20-5-3-4-6-20)31-26(30-24)29-19-11-12-22-18(13-19)14-28-32(22)2/h7-15,20H,3-6H2,1-2H3,(H2,27,29,30,31). The van der Waals surface area contributed by atoms with Crippen LogP contribution in [-0.4, -0.2) is 30.8 Å². The fraction of sp³-hybridized carbons (Fsp3) is 0.269. The Morgan fingerprint density at radius 2 is 1.88 bits per heavy atom. The van der Waals surface area contributed by atoms with Crippen LogP contribution in [0, 0.1) is 6.92 Å². The van der Waals surface area contributed by atoms with E-state index < -0.39 is 0 Å². The van der Waals surface area contributed by atoms with E-state index in [0.29, 0.717) is 11.8 Å². The number of anilines is 2. The van der Waals surface area contributed by atoms with Gasteiger partial charge in [0.2, 0.25) is 11.8 Å². The molecule has 1 aliphatic rings. The van der Waals surface area contributed by atoms with E-state index >= 15 is 0 Å². The normalized spacial score (nSPS) is 14.4. The van der Waals surface area contributed by atoms with Gasteiger partial charge in [-0.2, -0.15) is 15.1 Å². The van der Waals surface area contributed by atoms with Crippen LogP contribution in [0.5, 0.6) is 5.88 Å². The van der Waals surface area contributed by atoms with Crippen molar-refractivity contribution in [3.8, 4) is 17.0 Å². The van der Waals surface area contributed by atoms with Gasteiger partial charge >= 0.3 is 0 Å². The zero-order chi connectivity index (χ0) is 22.4. The fourth-order valence-corrected chi connectivity index (χ4v) is 4.64. The fourth-order valence-electron chi connectivity index (χ4n) is 4.64. The third-order valence-corrected chi connectivity index (χ3v) is 6.44. The number of aromatic amines is 1. The van der Waals surface area contributed by atoms with Crippen LogP contribution in [0.15, 0.2) is 54.9 Å². The molecule has 7 heteroatoms. The van der Waals surface area contributed by atoms with Crippen molar-refractivity contribution in [1.82, 2.24) is 24.7 Å². The molecule has 0 aliphatic heterocycles. The van der Waals surface area contributed by atoms with E-state index in [1.807, 2.05) is 36.3 Å². The van der Waals surface area contributed by atoms with Gasteiger partial charge < -0.3 is 15.0 Å². The van der Waals surface area contributed by atoms with E-state index in [0.717, 1.165) is 51.6 Å². The lowest BCUT2D eigenvalue weighted by Crippen LogP contribution is -2.13. The van der Waals surface area contributed by atoms with Gasteiger partial charge in [0, 0.05) is 29.9 Å². The predicted octanol–water partition coefficient (Wildman–Crippen LogP) is 5.89. The zero-order valence-corrected chi connectivity index (χ0v) is 18.8. The van der Waals surface area contributed by atoms with Crippen LogP contribution in [0.2, 0.25) is 0 Å². The predicted molar refractivity (Wildman–Crippen MR) is 131 cm³/mol. The Labute approximate surface area is 191 Å². The molecule has 1 aliphatic carbocycles. The summed E-state index contributed by atoms with van der Waals surface area (Å²) in [6.45, 7) is 2.09. The molecule has 2 aromatic carbocycles. The molecule has 0 spiro atoms. The van der Waals surface area contributed by atoms with Crippen LogP contribution in [-0.2, 0) is 7.05 Å². The van der Waals surface area contributed by atoms with E-state index in [9.17, 15) is 0 Å². The Bertz CT molecular complexity index is 1440. The molecule has 0 amide bonds. The largest absolute Gasteiger partial charge is 0.474 e. The maximum atomic E-state index is 6.46. The number of rotatable bonds is 5. The summed E-state index contributed by atoms with van der Waals surface area (Å²) in [6.07, 6.45) is 8.59. The number of nitrogens with zero attached hydrogens (tertiary/aromatic N) is 4. The highest BCUT2D eigenvalue weighted by molar-refractivity contribution is 5.98. The highest BCUT2D eigenvalue weighted by Gasteiger charge is 2.22. The van der Waals surface area contributed by atoms with Gasteiger partial charge in [0.25, 0.3) is 0 Å². The first-order valence-corrected chi connectivity index (χ1v) is 11.5. The third kappa shape index (κ3) is 3.69. The SMILES string of the molecule is Cc1ccc(-c2c[nH]c3nc(Nc4ccc5c(cnn5C)c4)nc(OC4CCCC4)c23)cc1. The molecular formula is C26H26N6O. The van der Waals surface area contributed by atoms with E-state index in [-0.39, 0.29) is 6.10 Å². The quantitative estimate of drug-likeness (QED) is 0.358. The number of H-pyrrole nitrogens is 1. The van der Waals surface area contributed by atoms with Crippen molar-refractivity contribution in [3.63, 3.8) is 0 Å². The molecule has 0 radical (unpaired) electrons. The second kappa shape index (κ2) is 7.92. The molecule has 3 heterocycles. The van der Waals surface area contributed by atoms with Crippen molar-refractivity contribution >= 4 is 33.6 Å². The van der Waals surface area contributed by atoms with E-state index in [1.165, 1.54) is 18.4 Å². The number of benzene rings is 2. The minimum atomic E-state index is 0.198. The number of aryl methyl sites for hydroxylation is 2. The molecular weight excluding hydrogens is 412 g/mol. The van der Waals surface area contributed by atoms with Crippen LogP contribution in [0.3, 0.4) is 0 Å². The molecule has 1 saturated carbocycles. The molecule has 33 heavy (non-hydrogen) atoms. The second-order valence-electron chi connectivity index (χ2n) is 8.84. The highest BCUT2D eigenvalue weighted by atomic mass is 16.5. The van der Waals surface area contributed by atoms with Gasteiger partial charge in [-0.1, -0.05) is 29.8 Å². The minimum absolute atomic E-state index is 0.198. The van der Waals surface area contributed by atoms with Gasteiger partial charge in [0.15, 0.2) is 0 Å². The number of hydrogen-bond acceptors (Lipinski definition) is 5. The Hall–Kier alpha value is -3.87. The number of fused-ring (bicyclic) bond motifs is 2. The zero-order valence-electron chi connectivity index (χ0n) is 18.8. The molecule has 0 bridgehead atoms. The van der Waals surface area contributed by atoms with Crippen LogP contribution < -0.4 is 10.1 Å². The molecule has 0 atom stereocenters. The summed E-state index contributed by atoms with van der Waals surface area (Å²) in [5, 5.41) is 9.68. The lowest BCUT2D eigenvalue weighted by Gasteiger charge is -2.15. The van der Waals surface area contributed by atoms with Crippen molar-refractivity contribution < 1.29 is 4.74 Å². The van der Waals surface area contributed by atoms with Gasteiger partial charge in [0.05, 0.1) is 17.1 Å². The van der Waals surface area contributed by atoms with Crippen molar-refractivity contribution in [2.75, 3.05) is 5.32 Å². The summed E-state index contributed by atoms with van der Waals surface area (Å²) in [6, 6.07) is 14.6. The average Bonchev–Trinajstić information content (AvgIpc) is 3.55. The minimum Gasteiger partial charge on any atom is -0.474 e. The molecule has 2 N–H and O–H groups in total. The number of ether oxygens (including phenoxy) is 1. The second-order valence-corrected chi connectivity index (χ2v) is 8.84. The first-order chi connectivity index (χ1) is 16.1. The Morgan fingerprint density at radius 3 is 2.70 bits per heavy atom. The average molecular weight is 439 g/mol. The summed E-state index contributed by atoms with van der Waals surface area (Å²) in [5.41, 5.74) is 6.16. The van der Waals surface area contributed by atoms with Crippen LogP contribution >= 0.6 is 0 Å². The molecule has 5 aromatic rings. The molecule has 6 rings (SSSR count). The smallest absolute Gasteiger partial charge is 0.232 e. The Balaban J connectivity index is 1.42. The van der Waals surface area contributed by atoms with Gasteiger partial charge in [-0.3, -0.25) is 4.68 Å². The summed E-state index contributed by atoms with van der Waals surface area (Å²) in [4.78, 5) is 13.0. The van der Waals surface area contributed by atoms with Gasteiger partial charge in [0.1, 0.15) is 11.8 Å². The third-order valence-electron chi connectivity index (χ3n) is 6.44. The molecule has 0 unspecified atom stereocenters. The van der Waals surface area contributed by atoms with Crippen LogP contribution in [0.25, 0.3) is 33.1 Å². The van der Waals surface area contributed by atoms with Crippen LogP contribution in [0.4, 0.5) is 11.6 Å². The van der Waals surface area contributed by atoms with Crippen molar-refractivity contribution in [2.24, 2.45) is 7.05 Å². The summed E-state index contributed by atoms with van der Waals surface area (Å²) < 4.78 is 8.32. The van der Waals surface area contributed by atoms with Crippen molar-refractivity contribution in [2.45, 2.75) is 38.7 Å². The molecule has 166 valence electrons. The Kier molecular flexibility index (Phi) is 4.75. The summed E-state index contributed by atoms with van der Waals surface area (Å²) >= 11 is 0. The maximum absolute atomic E-state index is 6.46. The van der Waals surface area contributed by atoms with E-state index in [4.69, 9.17) is 14.7 Å². The number of aromatic nitrogens is 5. The topological polar surface area (TPSA) is 80.7 Å². The van der Waals surface area contributed by atoms with Crippen LogP contribution in [0.1, 0.15) is 31.2 Å². The van der Waals surface area contributed by atoms with E-state index in [2.05, 4.69) is 52.7 Å². The van der Waals surface area contributed by atoms with E-state index in [1.54, 1.807) is 0 Å². The summed E-state index contributed by atoms with van der Waals surface area (Å²) in [7, 11) is 1.94. The Morgan fingerprint density at radius 1 is 1.06 bits per heavy atom. The first-order valence-electron chi connectivity index (χ1n) is 11.5. The van der Waals surface area contributed by atoms with Crippen molar-refractivity contribution in [3.05, 3.63) is 60.4 Å².